The fourth-order valence-electron chi connectivity index (χ4n) is 3.10. The van der Waals surface area contributed by atoms with Crippen LogP contribution >= 0.6 is 11.3 Å². The van der Waals surface area contributed by atoms with Gasteiger partial charge >= 0.3 is 0 Å². The van der Waals surface area contributed by atoms with Crippen molar-refractivity contribution in [2.24, 2.45) is 4.99 Å². The van der Waals surface area contributed by atoms with Gasteiger partial charge in [-0.3, -0.25) is 14.9 Å². The molecule has 0 amide bonds. The van der Waals surface area contributed by atoms with Crippen LogP contribution in [0.2, 0.25) is 0 Å². The number of guanidine groups is 1. The molecule has 7 nitrogen and oxygen atoms in total. The molecule has 1 fully saturated rings. The van der Waals surface area contributed by atoms with Crippen molar-refractivity contribution in [3.05, 3.63) is 41.2 Å². The van der Waals surface area contributed by atoms with Crippen molar-refractivity contribution in [1.82, 2.24) is 25.5 Å². The average Bonchev–Trinajstić information content (AvgIpc) is 3.17. The summed E-state index contributed by atoms with van der Waals surface area (Å²) in [6.07, 6.45) is 4.08. The summed E-state index contributed by atoms with van der Waals surface area (Å²) in [7, 11) is 5.84. The Morgan fingerprint density at radius 1 is 1.30 bits per heavy atom. The number of thiazole rings is 1. The molecular formula is C19H29N7S. The number of nitrogens with zero attached hydrogens (tertiary/aromatic N) is 5. The maximum atomic E-state index is 4.60. The standard InChI is InChI=1S/C19H29N7S/c1-20-18(22-12-17-14-27-19(24-17)25(2)3)23-15-7-10-26(11-8-15)13-16-6-4-5-9-21-16/h4-6,9,14-15H,7-8,10-13H2,1-3H3,(H2,20,22,23). The van der Waals surface area contributed by atoms with Gasteiger partial charge in [-0.1, -0.05) is 6.07 Å². The van der Waals surface area contributed by atoms with Gasteiger partial charge in [0.25, 0.3) is 0 Å². The molecule has 0 spiro atoms. The van der Waals surface area contributed by atoms with Crippen LogP contribution in [-0.2, 0) is 13.1 Å². The summed E-state index contributed by atoms with van der Waals surface area (Å²) in [5, 5.41) is 10.0. The molecule has 0 radical (unpaired) electrons. The lowest BCUT2D eigenvalue weighted by atomic mass is 10.0. The molecule has 3 heterocycles. The molecule has 2 N–H and O–H groups in total. The summed E-state index contributed by atoms with van der Waals surface area (Å²) in [4.78, 5) is 17.9. The van der Waals surface area contributed by atoms with Gasteiger partial charge in [0.05, 0.1) is 17.9 Å². The van der Waals surface area contributed by atoms with E-state index in [2.05, 4.69) is 48.0 Å². The van der Waals surface area contributed by atoms with Gasteiger partial charge in [-0.05, 0) is 25.0 Å². The minimum absolute atomic E-state index is 0.448. The number of pyridine rings is 1. The van der Waals surface area contributed by atoms with Crippen molar-refractivity contribution in [1.29, 1.82) is 0 Å². The number of aromatic nitrogens is 2. The van der Waals surface area contributed by atoms with E-state index >= 15 is 0 Å². The van der Waals surface area contributed by atoms with E-state index in [4.69, 9.17) is 0 Å². The van der Waals surface area contributed by atoms with Gasteiger partial charge in [0, 0.05) is 58.4 Å². The third kappa shape index (κ3) is 5.90. The van der Waals surface area contributed by atoms with Crippen molar-refractivity contribution >= 4 is 22.4 Å². The zero-order valence-electron chi connectivity index (χ0n) is 16.4. The largest absolute Gasteiger partial charge is 0.354 e. The van der Waals surface area contributed by atoms with Crippen molar-refractivity contribution in [2.45, 2.75) is 32.0 Å². The topological polar surface area (TPSA) is 68.7 Å². The second-order valence-corrected chi connectivity index (χ2v) is 7.79. The molecule has 0 saturated carbocycles. The number of rotatable bonds is 6. The third-order valence-corrected chi connectivity index (χ3v) is 5.68. The van der Waals surface area contributed by atoms with Gasteiger partial charge < -0.3 is 15.5 Å². The van der Waals surface area contributed by atoms with Crippen molar-refractivity contribution < 1.29 is 0 Å². The van der Waals surface area contributed by atoms with Crippen LogP contribution in [0.5, 0.6) is 0 Å². The Hall–Kier alpha value is -2.19. The number of aliphatic imine (C=N–C) groups is 1. The van der Waals surface area contributed by atoms with E-state index in [1.165, 1.54) is 0 Å². The Bertz CT molecular complexity index is 721. The van der Waals surface area contributed by atoms with Gasteiger partial charge in [0.2, 0.25) is 0 Å². The van der Waals surface area contributed by atoms with Crippen molar-refractivity contribution in [3.63, 3.8) is 0 Å². The molecule has 1 saturated heterocycles. The first-order valence-corrected chi connectivity index (χ1v) is 10.2. The number of piperidine rings is 1. The summed E-state index contributed by atoms with van der Waals surface area (Å²) < 4.78 is 0. The number of hydrogen-bond donors (Lipinski definition) is 2. The highest BCUT2D eigenvalue weighted by Gasteiger charge is 2.20. The molecule has 146 valence electrons. The summed E-state index contributed by atoms with van der Waals surface area (Å²) >= 11 is 1.66. The molecule has 0 aromatic carbocycles. The highest BCUT2D eigenvalue weighted by molar-refractivity contribution is 7.13. The Kier molecular flexibility index (Phi) is 7.00. The minimum atomic E-state index is 0.448. The van der Waals surface area contributed by atoms with E-state index in [1.807, 2.05) is 38.3 Å². The first-order chi connectivity index (χ1) is 13.1. The molecule has 2 aromatic heterocycles. The molecule has 0 bridgehead atoms. The molecule has 1 aliphatic rings. The van der Waals surface area contributed by atoms with Crippen LogP contribution in [0, 0.1) is 0 Å². The van der Waals surface area contributed by atoms with E-state index in [0.29, 0.717) is 12.6 Å². The van der Waals surface area contributed by atoms with Crippen LogP contribution in [0.1, 0.15) is 24.2 Å². The fraction of sp³-hybridized carbons (Fsp3) is 0.526. The zero-order valence-corrected chi connectivity index (χ0v) is 17.2. The fourth-order valence-corrected chi connectivity index (χ4v) is 3.86. The summed E-state index contributed by atoms with van der Waals surface area (Å²) in [6.45, 7) is 3.76. The van der Waals surface area contributed by atoms with Crippen LogP contribution in [0.4, 0.5) is 5.13 Å². The Labute approximate surface area is 165 Å². The number of nitrogens with one attached hydrogen (secondary N) is 2. The second kappa shape index (κ2) is 9.66. The third-order valence-electron chi connectivity index (χ3n) is 4.62. The van der Waals surface area contributed by atoms with E-state index in [0.717, 1.165) is 55.0 Å². The number of anilines is 1. The monoisotopic (exact) mass is 387 g/mol. The van der Waals surface area contributed by atoms with Gasteiger partial charge in [-0.25, -0.2) is 4.98 Å². The summed E-state index contributed by atoms with van der Waals surface area (Å²) in [5.74, 6) is 0.845. The van der Waals surface area contributed by atoms with Gasteiger partial charge in [-0.2, -0.15) is 0 Å². The SMILES string of the molecule is CN=C(NCc1csc(N(C)C)n1)NC1CCN(Cc2ccccn2)CC1. The number of hydrogen-bond acceptors (Lipinski definition) is 6. The van der Waals surface area contributed by atoms with Crippen LogP contribution in [0.15, 0.2) is 34.8 Å². The average molecular weight is 388 g/mol. The van der Waals surface area contributed by atoms with Crippen molar-refractivity contribution in [2.75, 3.05) is 39.1 Å². The van der Waals surface area contributed by atoms with Crippen LogP contribution in [0.3, 0.4) is 0 Å². The van der Waals surface area contributed by atoms with Crippen LogP contribution in [0.25, 0.3) is 0 Å². The highest BCUT2D eigenvalue weighted by atomic mass is 32.1. The highest BCUT2D eigenvalue weighted by Crippen LogP contribution is 2.17. The van der Waals surface area contributed by atoms with E-state index < -0.39 is 0 Å². The molecule has 8 heteroatoms. The lowest BCUT2D eigenvalue weighted by Gasteiger charge is -2.32. The van der Waals surface area contributed by atoms with Gasteiger partial charge in [0.15, 0.2) is 11.1 Å². The molecule has 2 aromatic rings. The maximum absolute atomic E-state index is 4.60. The first kappa shape index (κ1) is 19.6. The predicted molar refractivity (Wildman–Crippen MR) is 112 cm³/mol. The number of likely N-dealkylation sites (tertiary alicyclic amines) is 1. The van der Waals surface area contributed by atoms with Gasteiger partial charge in [0.1, 0.15) is 0 Å². The zero-order chi connectivity index (χ0) is 19.1. The smallest absolute Gasteiger partial charge is 0.191 e. The molecule has 0 aliphatic carbocycles. The van der Waals surface area contributed by atoms with E-state index in [-0.39, 0.29) is 0 Å². The Morgan fingerprint density at radius 3 is 2.74 bits per heavy atom. The van der Waals surface area contributed by atoms with Gasteiger partial charge in [-0.15, -0.1) is 11.3 Å². The van der Waals surface area contributed by atoms with E-state index in [1.54, 1.807) is 11.3 Å². The molecule has 0 atom stereocenters. The molecule has 3 rings (SSSR count). The quantitative estimate of drug-likeness (QED) is 0.583. The van der Waals surface area contributed by atoms with Crippen LogP contribution < -0.4 is 15.5 Å². The second-order valence-electron chi connectivity index (χ2n) is 6.96. The maximum Gasteiger partial charge on any atom is 0.191 e. The summed E-state index contributed by atoms with van der Waals surface area (Å²) in [5.41, 5.74) is 2.18. The molecular weight excluding hydrogens is 358 g/mol. The normalized spacial score (nSPS) is 16.3. The molecule has 27 heavy (non-hydrogen) atoms. The van der Waals surface area contributed by atoms with E-state index in [9.17, 15) is 0 Å². The lowest BCUT2D eigenvalue weighted by molar-refractivity contribution is 0.196. The molecule has 1 aliphatic heterocycles. The van der Waals surface area contributed by atoms with Crippen LogP contribution in [-0.4, -0.2) is 61.1 Å². The Balaban J connectivity index is 1.41. The molecule has 0 unspecified atom stereocenters. The predicted octanol–water partition coefficient (Wildman–Crippen LogP) is 1.93. The first-order valence-electron chi connectivity index (χ1n) is 9.35. The minimum Gasteiger partial charge on any atom is -0.354 e. The Morgan fingerprint density at radius 2 is 2.11 bits per heavy atom. The lowest BCUT2D eigenvalue weighted by Crippen LogP contribution is -2.48. The van der Waals surface area contributed by atoms with Crippen molar-refractivity contribution in [3.8, 4) is 0 Å². The summed E-state index contributed by atoms with van der Waals surface area (Å²) in [6, 6.07) is 6.56.